The smallest absolute Gasteiger partial charge is 0.152 e. The van der Waals surface area contributed by atoms with Crippen LogP contribution in [0.5, 0.6) is 0 Å². The van der Waals surface area contributed by atoms with Crippen molar-refractivity contribution in [3.63, 3.8) is 0 Å². The summed E-state index contributed by atoms with van der Waals surface area (Å²) in [5.74, 6) is 0. The molecule has 0 saturated carbocycles. The lowest BCUT2D eigenvalue weighted by Crippen LogP contribution is -1.96. The maximum Gasteiger partial charge on any atom is 0.152 e. The largest absolute Gasteiger partial charge is 0.398 e. The first-order valence-electron chi connectivity index (χ1n) is 5.47. The van der Waals surface area contributed by atoms with E-state index < -0.39 is 0 Å². The summed E-state index contributed by atoms with van der Waals surface area (Å²) < 4.78 is 0. The number of aldehydes is 1. The van der Waals surface area contributed by atoms with Gasteiger partial charge in [0, 0.05) is 10.9 Å². The molecule has 3 aromatic carbocycles. The predicted molar refractivity (Wildman–Crippen MR) is 71.3 cm³/mol. The highest BCUT2D eigenvalue weighted by Crippen LogP contribution is 2.33. The van der Waals surface area contributed by atoms with Crippen molar-refractivity contribution < 1.29 is 4.79 Å². The Bertz CT molecular complexity index is 731. The molecule has 0 bridgehead atoms. The van der Waals surface area contributed by atoms with Gasteiger partial charge in [-0.1, -0.05) is 48.5 Å². The van der Waals surface area contributed by atoms with Crippen LogP contribution in [-0.2, 0) is 0 Å². The fraction of sp³-hybridized carbons (Fsp3) is 0. The van der Waals surface area contributed by atoms with Gasteiger partial charge in [0.2, 0.25) is 0 Å². The zero-order chi connectivity index (χ0) is 11.8. The minimum Gasteiger partial charge on any atom is -0.398 e. The third-order valence-corrected chi connectivity index (χ3v) is 3.13. The number of hydrogen-bond donors (Lipinski definition) is 1. The molecule has 17 heavy (non-hydrogen) atoms. The van der Waals surface area contributed by atoms with Gasteiger partial charge in [-0.05, 0) is 16.2 Å². The van der Waals surface area contributed by atoms with Crippen molar-refractivity contribution in [3.05, 3.63) is 54.1 Å². The molecule has 82 valence electrons. The number of nitrogens with two attached hydrogens (primary N) is 1. The maximum absolute atomic E-state index is 11.2. The van der Waals surface area contributed by atoms with E-state index in [4.69, 9.17) is 5.73 Å². The molecule has 0 heterocycles. The molecule has 0 radical (unpaired) electrons. The van der Waals surface area contributed by atoms with Crippen molar-refractivity contribution in [1.29, 1.82) is 0 Å². The van der Waals surface area contributed by atoms with Gasteiger partial charge in [0.15, 0.2) is 6.29 Å². The zero-order valence-corrected chi connectivity index (χ0v) is 9.18. The first kappa shape index (κ1) is 9.85. The van der Waals surface area contributed by atoms with Crippen LogP contribution in [-0.4, -0.2) is 6.29 Å². The molecule has 3 aromatic rings. The van der Waals surface area contributed by atoms with E-state index >= 15 is 0 Å². The van der Waals surface area contributed by atoms with E-state index in [0.29, 0.717) is 11.3 Å². The summed E-state index contributed by atoms with van der Waals surface area (Å²) in [5.41, 5.74) is 7.21. The molecule has 0 aliphatic rings. The molecule has 2 nitrogen and oxygen atoms in total. The number of rotatable bonds is 1. The summed E-state index contributed by atoms with van der Waals surface area (Å²) in [5, 5.41) is 4.01. The highest BCUT2D eigenvalue weighted by molar-refractivity contribution is 6.19. The van der Waals surface area contributed by atoms with Gasteiger partial charge >= 0.3 is 0 Å². The molecule has 0 aliphatic heterocycles. The van der Waals surface area contributed by atoms with Crippen molar-refractivity contribution in [3.8, 4) is 0 Å². The Morgan fingerprint density at radius 2 is 1.24 bits per heavy atom. The van der Waals surface area contributed by atoms with Gasteiger partial charge < -0.3 is 5.73 Å². The fourth-order valence-corrected chi connectivity index (χ4v) is 2.32. The summed E-state index contributed by atoms with van der Waals surface area (Å²) in [6.07, 6.45) is 0.837. The molecule has 2 heteroatoms. The normalized spacial score (nSPS) is 10.8. The van der Waals surface area contributed by atoms with E-state index in [-0.39, 0.29) is 0 Å². The summed E-state index contributed by atoms with van der Waals surface area (Å²) in [4.78, 5) is 11.2. The van der Waals surface area contributed by atoms with Crippen molar-refractivity contribution in [2.45, 2.75) is 0 Å². The number of hydrogen-bond acceptors (Lipinski definition) is 2. The third kappa shape index (κ3) is 1.31. The third-order valence-electron chi connectivity index (χ3n) is 3.13. The van der Waals surface area contributed by atoms with Crippen molar-refractivity contribution in [2.75, 3.05) is 5.73 Å². The topological polar surface area (TPSA) is 43.1 Å². The molecule has 0 saturated heterocycles. The minimum absolute atomic E-state index is 0.564. The Morgan fingerprint density at radius 3 is 1.82 bits per heavy atom. The molecule has 0 atom stereocenters. The van der Waals surface area contributed by atoms with E-state index in [1.54, 1.807) is 0 Å². The highest BCUT2D eigenvalue weighted by atomic mass is 16.1. The zero-order valence-electron chi connectivity index (χ0n) is 9.18. The maximum atomic E-state index is 11.2. The molecule has 0 aromatic heterocycles. The lowest BCUT2D eigenvalue weighted by atomic mass is 9.96. The van der Waals surface area contributed by atoms with E-state index in [1.165, 1.54) is 0 Å². The number of nitrogen functional groups attached to an aromatic ring is 1. The van der Waals surface area contributed by atoms with Gasteiger partial charge in [0.25, 0.3) is 0 Å². The Balaban J connectivity index is 2.68. The summed E-state index contributed by atoms with van der Waals surface area (Å²) in [6, 6.07) is 15.7. The molecule has 0 spiro atoms. The van der Waals surface area contributed by atoms with Gasteiger partial charge in [0.05, 0.1) is 5.69 Å². The molecule has 3 rings (SSSR count). The van der Waals surface area contributed by atoms with Crippen molar-refractivity contribution >= 4 is 33.5 Å². The van der Waals surface area contributed by atoms with Crippen LogP contribution in [0, 0.1) is 0 Å². The molecule has 2 N–H and O–H groups in total. The molecular weight excluding hydrogens is 210 g/mol. The Labute approximate surface area is 98.7 Å². The van der Waals surface area contributed by atoms with Crippen LogP contribution in [0.15, 0.2) is 48.5 Å². The van der Waals surface area contributed by atoms with Gasteiger partial charge in [-0.2, -0.15) is 0 Å². The fourth-order valence-electron chi connectivity index (χ4n) is 2.32. The summed E-state index contributed by atoms with van der Waals surface area (Å²) in [7, 11) is 0. The SMILES string of the molecule is Nc1c(C=O)c2ccccc2c2ccccc12. The number of anilines is 1. The van der Waals surface area contributed by atoms with E-state index in [9.17, 15) is 4.79 Å². The van der Waals surface area contributed by atoms with Crippen LogP contribution >= 0.6 is 0 Å². The molecule has 0 fully saturated rings. The average molecular weight is 221 g/mol. The first-order chi connectivity index (χ1) is 8.33. The van der Waals surface area contributed by atoms with E-state index in [1.807, 2.05) is 48.5 Å². The molecule has 0 unspecified atom stereocenters. The number of carbonyl (C=O) groups excluding carboxylic acids is 1. The van der Waals surface area contributed by atoms with Crippen LogP contribution in [0.3, 0.4) is 0 Å². The van der Waals surface area contributed by atoms with Crippen LogP contribution in [0.1, 0.15) is 10.4 Å². The van der Waals surface area contributed by atoms with E-state index in [2.05, 4.69) is 0 Å². The van der Waals surface area contributed by atoms with Crippen LogP contribution < -0.4 is 5.73 Å². The van der Waals surface area contributed by atoms with Gasteiger partial charge in [0.1, 0.15) is 0 Å². The van der Waals surface area contributed by atoms with Gasteiger partial charge in [-0.15, -0.1) is 0 Å². The van der Waals surface area contributed by atoms with Gasteiger partial charge in [-0.25, -0.2) is 0 Å². The second-order valence-electron chi connectivity index (χ2n) is 4.04. The quantitative estimate of drug-likeness (QED) is 0.389. The monoisotopic (exact) mass is 221 g/mol. The molecular formula is C15H11NO. The minimum atomic E-state index is 0.564. The Kier molecular flexibility index (Phi) is 2.08. The van der Waals surface area contributed by atoms with E-state index in [0.717, 1.165) is 27.8 Å². The Morgan fingerprint density at radius 1 is 0.765 bits per heavy atom. The van der Waals surface area contributed by atoms with Gasteiger partial charge in [-0.3, -0.25) is 4.79 Å². The Hall–Kier alpha value is -2.35. The van der Waals surface area contributed by atoms with Crippen LogP contribution in [0.2, 0.25) is 0 Å². The number of carbonyl (C=O) groups is 1. The predicted octanol–water partition coefficient (Wildman–Crippen LogP) is 3.39. The van der Waals surface area contributed by atoms with Crippen molar-refractivity contribution in [1.82, 2.24) is 0 Å². The standard InChI is InChI=1S/C15H11NO/c16-15-13-8-4-3-6-11(13)10-5-1-2-7-12(10)14(15)9-17/h1-9H,16H2. The van der Waals surface area contributed by atoms with Crippen LogP contribution in [0.25, 0.3) is 21.5 Å². The summed E-state index contributed by atoms with van der Waals surface area (Å²) >= 11 is 0. The second-order valence-corrected chi connectivity index (χ2v) is 4.04. The number of benzene rings is 3. The average Bonchev–Trinajstić information content (AvgIpc) is 2.40. The second kappa shape index (κ2) is 3.59. The van der Waals surface area contributed by atoms with Crippen LogP contribution in [0.4, 0.5) is 5.69 Å². The highest BCUT2D eigenvalue weighted by Gasteiger charge is 2.10. The summed E-state index contributed by atoms with van der Waals surface area (Å²) in [6.45, 7) is 0. The molecule has 0 amide bonds. The first-order valence-corrected chi connectivity index (χ1v) is 5.47. The lowest BCUT2D eigenvalue weighted by molar-refractivity contribution is 0.112. The molecule has 0 aliphatic carbocycles. The van der Waals surface area contributed by atoms with Crippen molar-refractivity contribution in [2.24, 2.45) is 0 Å². The number of fused-ring (bicyclic) bond motifs is 3. The lowest BCUT2D eigenvalue weighted by Gasteiger charge is -2.10.